The molecule has 3 nitrogen and oxygen atoms in total. The van der Waals surface area contributed by atoms with E-state index in [4.69, 9.17) is 0 Å². The molecule has 0 unspecified atom stereocenters. The van der Waals surface area contributed by atoms with Crippen molar-refractivity contribution < 1.29 is 0 Å². The molecule has 0 saturated carbocycles. The molecule has 85 heavy (non-hydrogen) atoms. The van der Waals surface area contributed by atoms with Crippen molar-refractivity contribution >= 4 is 74.3 Å². The number of rotatable bonds is 6. The van der Waals surface area contributed by atoms with Crippen molar-refractivity contribution in [2.24, 2.45) is 0 Å². The zero-order chi connectivity index (χ0) is 60.5. The lowest BCUT2D eigenvalue weighted by Gasteiger charge is -2.47. The molecule has 9 aromatic rings. The average molecular weight is 1110 g/mol. The van der Waals surface area contributed by atoms with Crippen LogP contribution in [0.1, 0.15) is 185 Å². The number of hydrogen-bond acceptors (Lipinski definition) is 3. The van der Waals surface area contributed by atoms with E-state index >= 15 is 0 Å². The van der Waals surface area contributed by atoms with Crippen molar-refractivity contribution in [1.29, 1.82) is 0 Å². The summed E-state index contributed by atoms with van der Waals surface area (Å²) in [6, 6.07) is 69.4. The normalized spacial score (nSPS) is 16.7. The van der Waals surface area contributed by atoms with Crippen molar-refractivity contribution in [3.05, 3.63) is 237 Å². The van der Waals surface area contributed by atoms with Gasteiger partial charge in [-0.15, -0.1) is 0 Å². The number of anilines is 9. The van der Waals surface area contributed by atoms with Gasteiger partial charge in [-0.1, -0.05) is 215 Å². The molecule has 0 saturated heterocycles. The number of aryl methyl sites for hydroxylation is 2. The Morgan fingerprint density at radius 1 is 0.376 bits per heavy atom. The Kier molecular flexibility index (Phi) is 12.6. The van der Waals surface area contributed by atoms with Crippen LogP contribution in [0.4, 0.5) is 51.2 Å². The van der Waals surface area contributed by atoms with Gasteiger partial charge < -0.3 is 14.7 Å². The molecule has 0 fully saturated rings. The second kappa shape index (κ2) is 19.0. The van der Waals surface area contributed by atoms with Gasteiger partial charge in [-0.05, 0) is 209 Å². The summed E-state index contributed by atoms with van der Waals surface area (Å²) in [4.78, 5) is 7.89. The summed E-state index contributed by atoms with van der Waals surface area (Å²) in [5.74, 6) is 0. The molecule has 0 spiro atoms. The van der Waals surface area contributed by atoms with Crippen LogP contribution in [0.25, 0.3) is 11.1 Å². The first-order chi connectivity index (χ1) is 39.9. The minimum Gasteiger partial charge on any atom is -0.311 e. The molecule has 4 aliphatic rings. The van der Waals surface area contributed by atoms with Gasteiger partial charge in [0.1, 0.15) is 0 Å². The predicted molar refractivity (Wildman–Crippen MR) is 368 cm³/mol. The molecule has 13 rings (SSSR count). The summed E-state index contributed by atoms with van der Waals surface area (Å²) >= 11 is 0. The fraction of sp³-hybridized carbons (Fsp3) is 0.333. The lowest BCUT2D eigenvalue weighted by Crippen LogP contribution is -2.61. The molecule has 2 aliphatic carbocycles. The number of hydrogen-bond donors (Lipinski definition) is 0. The summed E-state index contributed by atoms with van der Waals surface area (Å²) in [7, 11) is 0. The quantitative estimate of drug-likeness (QED) is 0.154. The molecule has 430 valence electrons. The topological polar surface area (TPSA) is 9.72 Å². The lowest BCUT2D eigenvalue weighted by molar-refractivity contribution is 0.403. The molecule has 9 aromatic carbocycles. The third kappa shape index (κ3) is 8.96. The first-order valence-corrected chi connectivity index (χ1v) is 31.4. The van der Waals surface area contributed by atoms with E-state index in [2.05, 4.69) is 322 Å². The Morgan fingerprint density at radius 3 is 1.36 bits per heavy atom. The van der Waals surface area contributed by atoms with E-state index < -0.39 is 0 Å². The molecule has 2 heterocycles. The largest absolute Gasteiger partial charge is 0.311 e. The molecule has 2 aliphatic heterocycles. The number of fused-ring (bicyclic) bond motifs is 7. The van der Waals surface area contributed by atoms with E-state index in [0.717, 1.165) is 23.5 Å². The molecule has 0 amide bonds. The smallest absolute Gasteiger partial charge is 0.252 e. The maximum atomic E-state index is 2.70. The summed E-state index contributed by atoms with van der Waals surface area (Å²) in [5.41, 5.74) is 31.8. The van der Waals surface area contributed by atoms with Gasteiger partial charge in [0.15, 0.2) is 0 Å². The van der Waals surface area contributed by atoms with E-state index in [9.17, 15) is 0 Å². The molecule has 0 radical (unpaired) electrons. The average Bonchev–Trinajstić information content (AvgIpc) is 1.66. The summed E-state index contributed by atoms with van der Waals surface area (Å²) in [6.07, 6.45) is 1.08. The highest BCUT2D eigenvalue weighted by atomic mass is 15.2. The third-order valence-corrected chi connectivity index (χ3v) is 20.3. The molecular weight excluding hydrogens is 1030 g/mol. The van der Waals surface area contributed by atoms with Gasteiger partial charge in [-0.3, -0.25) is 0 Å². The lowest BCUT2D eigenvalue weighted by atomic mass is 9.33. The van der Waals surface area contributed by atoms with Crippen LogP contribution in [-0.2, 0) is 37.9 Å². The van der Waals surface area contributed by atoms with E-state index in [-0.39, 0.29) is 44.6 Å². The van der Waals surface area contributed by atoms with Crippen LogP contribution in [0.15, 0.2) is 176 Å². The van der Waals surface area contributed by atoms with Crippen molar-refractivity contribution in [3.8, 4) is 11.1 Å². The zero-order valence-electron chi connectivity index (χ0n) is 54.4. The highest BCUT2D eigenvalue weighted by Crippen LogP contribution is 2.56. The first kappa shape index (κ1) is 56.6. The van der Waals surface area contributed by atoms with Crippen LogP contribution in [0.3, 0.4) is 0 Å². The second-order valence-corrected chi connectivity index (χ2v) is 31.2. The fourth-order valence-corrected chi connectivity index (χ4v) is 15.8. The van der Waals surface area contributed by atoms with Gasteiger partial charge in [0.25, 0.3) is 6.71 Å². The van der Waals surface area contributed by atoms with Crippen molar-refractivity contribution in [1.82, 2.24) is 0 Å². The van der Waals surface area contributed by atoms with E-state index in [1.807, 2.05) is 0 Å². The van der Waals surface area contributed by atoms with Crippen molar-refractivity contribution in [2.45, 2.75) is 176 Å². The van der Waals surface area contributed by atoms with Gasteiger partial charge >= 0.3 is 0 Å². The minimum atomic E-state index is -0.240. The minimum absolute atomic E-state index is 0.0162. The molecule has 0 N–H and O–H groups in total. The van der Waals surface area contributed by atoms with Crippen LogP contribution in [0.2, 0.25) is 0 Å². The van der Waals surface area contributed by atoms with Crippen LogP contribution in [0, 0.1) is 13.8 Å². The van der Waals surface area contributed by atoms with Gasteiger partial charge in [0, 0.05) is 61.9 Å². The van der Waals surface area contributed by atoms with E-state index in [1.165, 1.54) is 123 Å². The Labute approximate surface area is 510 Å². The first-order valence-electron chi connectivity index (χ1n) is 31.4. The van der Waals surface area contributed by atoms with Crippen LogP contribution in [-0.4, -0.2) is 6.71 Å². The molecule has 4 heteroatoms. The third-order valence-electron chi connectivity index (χ3n) is 20.3. The van der Waals surface area contributed by atoms with Gasteiger partial charge in [-0.25, -0.2) is 0 Å². The Balaban J connectivity index is 1.15. The Morgan fingerprint density at radius 2 is 0.824 bits per heavy atom. The standard InChI is InChI=1S/C81H88BN3/c1-50-41-72-74-73(42-50)85(70-48-65-64(43-51(70)2)80(16,17)60-27-23-24-28-61(60)81(65,18)19)69-40-38-58(83(56-34-29-53(30-35-56)75(3,4)5)57-36-31-54(32-37-57)76(6,7)8)45-66(69)82(74)67-46-62-63(79(14,15)49-78(62,12)13)47-71(67)84(72)68-39-33-55(77(9,10)11)44-59(68)52-25-21-20-22-26-52/h20-48H,49H2,1-19H3. The fourth-order valence-electron chi connectivity index (χ4n) is 15.8. The number of nitrogens with zero attached hydrogens (tertiary/aromatic N) is 3. The second-order valence-electron chi connectivity index (χ2n) is 31.2. The van der Waals surface area contributed by atoms with Gasteiger partial charge in [-0.2, -0.15) is 0 Å². The highest BCUT2D eigenvalue weighted by Gasteiger charge is 2.50. The molecule has 0 aromatic heterocycles. The maximum Gasteiger partial charge on any atom is 0.252 e. The zero-order valence-corrected chi connectivity index (χ0v) is 54.4. The molecular formula is C81H88BN3. The Hall–Kier alpha value is -7.56. The molecule has 0 atom stereocenters. The molecule has 0 bridgehead atoms. The highest BCUT2D eigenvalue weighted by molar-refractivity contribution is 7.00. The Bertz CT molecular complexity index is 4110. The van der Waals surface area contributed by atoms with Gasteiger partial charge in [0.05, 0.1) is 5.69 Å². The summed E-state index contributed by atoms with van der Waals surface area (Å²) in [5, 5.41) is 0. The number of benzene rings is 9. The van der Waals surface area contributed by atoms with Crippen LogP contribution < -0.4 is 31.1 Å². The SMILES string of the molecule is Cc1cc2c3c(c1)N(c1ccc(C(C)(C)C)cc1-c1ccccc1)c1cc4c(cc1B3c1cc(N(c3ccc(C(C)(C)C)cc3)c3ccc(C(C)(C)C)cc3)ccc1N2c1cc2c(cc1C)C(C)(C)c1ccccc1C2(C)C)C(C)(C)CC4(C)C. The summed E-state index contributed by atoms with van der Waals surface area (Å²) < 4.78 is 0. The van der Waals surface area contributed by atoms with Crippen molar-refractivity contribution in [3.63, 3.8) is 0 Å². The van der Waals surface area contributed by atoms with Crippen molar-refractivity contribution in [2.75, 3.05) is 14.7 Å². The van der Waals surface area contributed by atoms with Gasteiger partial charge in [0.2, 0.25) is 0 Å². The van der Waals surface area contributed by atoms with E-state index in [1.54, 1.807) is 0 Å². The predicted octanol–water partition coefficient (Wildman–Crippen LogP) is 20.3. The monoisotopic (exact) mass is 1110 g/mol. The van der Waals surface area contributed by atoms with E-state index in [0.29, 0.717) is 0 Å². The summed E-state index contributed by atoms with van der Waals surface area (Å²) in [6.45, 7) is 45.1. The van der Waals surface area contributed by atoms with Crippen LogP contribution in [0.5, 0.6) is 0 Å². The maximum absolute atomic E-state index is 2.70. The van der Waals surface area contributed by atoms with Crippen LogP contribution >= 0.6 is 0 Å².